The maximum absolute atomic E-state index is 13.2. The Hall–Kier alpha value is -1.65. The fraction of sp³-hybridized carbons (Fsp3) is 0.267. The molecule has 0 aliphatic carbocycles. The number of aromatic nitrogens is 1. The summed E-state index contributed by atoms with van der Waals surface area (Å²) in [5, 5.41) is 0.687. The zero-order chi connectivity index (χ0) is 13.9. The third-order valence-electron chi connectivity index (χ3n) is 3.34. The first-order valence-electron chi connectivity index (χ1n) is 6.47. The Labute approximate surface area is 122 Å². The standard InChI is InChI=1S/C15H14ClFN2O/c16-12-5-2-1-4-11(12)13-10-19(8-9-20-13)15-7-3-6-14(17)18-15/h1-7,13H,8-10H2. The smallest absolute Gasteiger partial charge is 0.214 e. The summed E-state index contributed by atoms with van der Waals surface area (Å²) in [4.78, 5) is 5.93. The van der Waals surface area contributed by atoms with Crippen molar-refractivity contribution in [2.24, 2.45) is 0 Å². The van der Waals surface area contributed by atoms with E-state index in [2.05, 4.69) is 4.98 Å². The first-order valence-corrected chi connectivity index (χ1v) is 6.85. The van der Waals surface area contributed by atoms with Crippen LogP contribution in [0.4, 0.5) is 10.2 Å². The van der Waals surface area contributed by atoms with Crippen LogP contribution in [0.1, 0.15) is 11.7 Å². The molecule has 1 fully saturated rings. The molecule has 0 amide bonds. The summed E-state index contributed by atoms with van der Waals surface area (Å²) in [6, 6.07) is 12.4. The molecule has 1 atom stereocenters. The zero-order valence-electron chi connectivity index (χ0n) is 10.8. The van der Waals surface area contributed by atoms with Gasteiger partial charge in [0.05, 0.1) is 6.61 Å². The van der Waals surface area contributed by atoms with Gasteiger partial charge in [0.15, 0.2) is 0 Å². The molecular weight excluding hydrogens is 279 g/mol. The van der Waals surface area contributed by atoms with Crippen LogP contribution in [0.5, 0.6) is 0 Å². The van der Waals surface area contributed by atoms with Crippen molar-refractivity contribution in [3.05, 3.63) is 59.0 Å². The normalized spacial score (nSPS) is 19.1. The van der Waals surface area contributed by atoms with Crippen molar-refractivity contribution in [1.82, 2.24) is 4.98 Å². The number of ether oxygens (including phenoxy) is 1. The highest BCUT2D eigenvalue weighted by atomic mass is 35.5. The molecule has 2 heterocycles. The fourth-order valence-electron chi connectivity index (χ4n) is 2.36. The highest BCUT2D eigenvalue weighted by Gasteiger charge is 2.24. The molecule has 2 aromatic rings. The predicted molar refractivity (Wildman–Crippen MR) is 76.6 cm³/mol. The van der Waals surface area contributed by atoms with Crippen LogP contribution in [0.2, 0.25) is 5.02 Å². The molecule has 0 spiro atoms. The van der Waals surface area contributed by atoms with E-state index in [1.54, 1.807) is 12.1 Å². The van der Waals surface area contributed by atoms with E-state index in [-0.39, 0.29) is 6.10 Å². The molecule has 1 aromatic carbocycles. The molecule has 0 radical (unpaired) electrons. The summed E-state index contributed by atoms with van der Waals surface area (Å²) in [5.74, 6) is 0.161. The lowest BCUT2D eigenvalue weighted by Crippen LogP contribution is -2.39. The lowest BCUT2D eigenvalue weighted by Gasteiger charge is -2.34. The van der Waals surface area contributed by atoms with Gasteiger partial charge >= 0.3 is 0 Å². The van der Waals surface area contributed by atoms with Crippen molar-refractivity contribution < 1.29 is 9.13 Å². The number of hydrogen-bond acceptors (Lipinski definition) is 3. The van der Waals surface area contributed by atoms with E-state index in [0.717, 1.165) is 5.56 Å². The molecule has 0 saturated carbocycles. The van der Waals surface area contributed by atoms with Crippen molar-refractivity contribution >= 4 is 17.4 Å². The minimum Gasteiger partial charge on any atom is -0.370 e. The minimum absolute atomic E-state index is 0.123. The number of morpholine rings is 1. The molecule has 0 bridgehead atoms. The number of rotatable bonds is 2. The third-order valence-corrected chi connectivity index (χ3v) is 3.69. The van der Waals surface area contributed by atoms with Crippen LogP contribution < -0.4 is 4.90 Å². The van der Waals surface area contributed by atoms with Gasteiger partial charge in [0, 0.05) is 23.7 Å². The average Bonchev–Trinajstić information content (AvgIpc) is 2.48. The van der Waals surface area contributed by atoms with Crippen LogP contribution >= 0.6 is 11.6 Å². The Morgan fingerprint density at radius 2 is 2.05 bits per heavy atom. The topological polar surface area (TPSA) is 25.4 Å². The summed E-state index contributed by atoms with van der Waals surface area (Å²) in [7, 11) is 0. The van der Waals surface area contributed by atoms with E-state index in [0.29, 0.717) is 30.5 Å². The summed E-state index contributed by atoms with van der Waals surface area (Å²) in [6.45, 7) is 1.87. The zero-order valence-corrected chi connectivity index (χ0v) is 11.6. The maximum Gasteiger partial charge on any atom is 0.214 e. The first kappa shape index (κ1) is 13.3. The molecule has 1 aromatic heterocycles. The van der Waals surface area contributed by atoms with Crippen LogP contribution in [0.3, 0.4) is 0 Å². The highest BCUT2D eigenvalue weighted by molar-refractivity contribution is 6.31. The second-order valence-electron chi connectivity index (χ2n) is 4.65. The average molecular weight is 293 g/mol. The van der Waals surface area contributed by atoms with Crippen molar-refractivity contribution in [3.8, 4) is 0 Å². The monoisotopic (exact) mass is 292 g/mol. The van der Waals surface area contributed by atoms with E-state index in [1.807, 2.05) is 29.2 Å². The molecule has 5 heteroatoms. The van der Waals surface area contributed by atoms with E-state index >= 15 is 0 Å². The Morgan fingerprint density at radius 3 is 2.85 bits per heavy atom. The van der Waals surface area contributed by atoms with Gasteiger partial charge in [-0.1, -0.05) is 35.9 Å². The van der Waals surface area contributed by atoms with E-state index in [1.165, 1.54) is 6.07 Å². The number of halogens is 2. The summed E-state index contributed by atoms with van der Waals surface area (Å²) in [5.41, 5.74) is 0.954. The lowest BCUT2D eigenvalue weighted by molar-refractivity contribution is 0.0395. The summed E-state index contributed by atoms with van der Waals surface area (Å²) < 4.78 is 19.0. The Morgan fingerprint density at radius 1 is 1.20 bits per heavy atom. The van der Waals surface area contributed by atoms with Crippen LogP contribution in [-0.4, -0.2) is 24.7 Å². The maximum atomic E-state index is 13.2. The molecule has 3 rings (SSSR count). The van der Waals surface area contributed by atoms with E-state index in [9.17, 15) is 4.39 Å². The number of pyridine rings is 1. The van der Waals surface area contributed by atoms with Crippen LogP contribution in [0.15, 0.2) is 42.5 Å². The SMILES string of the molecule is Fc1cccc(N2CCOC(c3ccccc3Cl)C2)n1. The van der Waals surface area contributed by atoms with Gasteiger partial charge in [0.2, 0.25) is 5.95 Å². The number of benzene rings is 1. The first-order chi connectivity index (χ1) is 9.74. The van der Waals surface area contributed by atoms with Crippen LogP contribution in [0, 0.1) is 5.95 Å². The predicted octanol–water partition coefficient (Wildman–Crippen LogP) is 3.45. The molecule has 3 nitrogen and oxygen atoms in total. The van der Waals surface area contributed by atoms with Crippen molar-refractivity contribution in [1.29, 1.82) is 0 Å². The molecule has 1 aliphatic rings. The highest BCUT2D eigenvalue weighted by Crippen LogP contribution is 2.29. The van der Waals surface area contributed by atoms with Gasteiger partial charge in [-0.25, -0.2) is 4.98 Å². The number of hydrogen-bond donors (Lipinski definition) is 0. The number of nitrogens with zero attached hydrogens (tertiary/aromatic N) is 2. The largest absolute Gasteiger partial charge is 0.370 e. The van der Waals surface area contributed by atoms with Crippen LogP contribution in [0.25, 0.3) is 0 Å². The second kappa shape index (κ2) is 5.77. The Kier molecular flexibility index (Phi) is 3.85. The van der Waals surface area contributed by atoms with Gasteiger partial charge in [-0.2, -0.15) is 4.39 Å². The molecule has 0 N–H and O–H groups in total. The Bertz CT molecular complexity index is 608. The Balaban J connectivity index is 1.82. The van der Waals surface area contributed by atoms with Gasteiger partial charge in [-0.3, -0.25) is 0 Å². The van der Waals surface area contributed by atoms with Crippen molar-refractivity contribution in [2.75, 3.05) is 24.6 Å². The van der Waals surface area contributed by atoms with Gasteiger partial charge in [-0.15, -0.1) is 0 Å². The van der Waals surface area contributed by atoms with Gasteiger partial charge in [0.1, 0.15) is 11.9 Å². The van der Waals surface area contributed by atoms with Crippen molar-refractivity contribution in [2.45, 2.75) is 6.10 Å². The van der Waals surface area contributed by atoms with Gasteiger partial charge in [-0.05, 0) is 18.2 Å². The summed E-state index contributed by atoms with van der Waals surface area (Å²) in [6.07, 6.45) is -0.123. The molecule has 20 heavy (non-hydrogen) atoms. The molecule has 1 unspecified atom stereocenters. The molecule has 1 aliphatic heterocycles. The summed E-state index contributed by atoms with van der Waals surface area (Å²) >= 11 is 6.20. The quantitative estimate of drug-likeness (QED) is 0.793. The van der Waals surface area contributed by atoms with E-state index in [4.69, 9.17) is 16.3 Å². The third kappa shape index (κ3) is 2.76. The molecular formula is C15H14ClFN2O. The van der Waals surface area contributed by atoms with E-state index < -0.39 is 5.95 Å². The van der Waals surface area contributed by atoms with Crippen molar-refractivity contribution in [3.63, 3.8) is 0 Å². The second-order valence-corrected chi connectivity index (χ2v) is 5.05. The van der Waals surface area contributed by atoms with Gasteiger partial charge in [0.25, 0.3) is 0 Å². The fourth-order valence-corrected chi connectivity index (χ4v) is 2.61. The molecule has 104 valence electrons. The van der Waals surface area contributed by atoms with Gasteiger partial charge < -0.3 is 9.64 Å². The lowest BCUT2D eigenvalue weighted by atomic mass is 10.1. The minimum atomic E-state index is -0.469. The number of anilines is 1. The van der Waals surface area contributed by atoms with Crippen LogP contribution in [-0.2, 0) is 4.74 Å². The molecule has 1 saturated heterocycles.